The van der Waals surface area contributed by atoms with E-state index in [0.717, 1.165) is 6.54 Å². The first-order chi connectivity index (χ1) is 10.2. The van der Waals surface area contributed by atoms with Crippen LogP contribution in [0.15, 0.2) is 24.4 Å². The van der Waals surface area contributed by atoms with Gasteiger partial charge >= 0.3 is 11.0 Å². The van der Waals surface area contributed by atoms with Gasteiger partial charge in [-0.25, -0.2) is 4.57 Å². The third kappa shape index (κ3) is 13.1. The summed E-state index contributed by atoms with van der Waals surface area (Å²) in [5.74, 6) is 0. The monoisotopic (exact) mass is 388 g/mol. The van der Waals surface area contributed by atoms with Gasteiger partial charge < -0.3 is 9.11 Å². The number of aromatic nitrogens is 1. The van der Waals surface area contributed by atoms with Crippen molar-refractivity contribution in [1.82, 2.24) is 0 Å². The van der Waals surface area contributed by atoms with Crippen molar-refractivity contribution < 1.29 is 48.4 Å². The summed E-state index contributed by atoms with van der Waals surface area (Å²) in [7, 11) is 0. The van der Waals surface area contributed by atoms with Crippen LogP contribution in [0.4, 0.5) is 26.3 Å². The molecule has 0 aliphatic heterocycles. The standard InChI is InChI=1S/C8H12N.2CHF3O2S/c1-3-9-7-5-4-6-8(9)2;2*2-1(3,4)7(5)6/h4-7H,3H2,1-2H3;2*(H,5,6)/q+1;;/p-2. The van der Waals surface area contributed by atoms with Gasteiger partial charge in [0.2, 0.25) is 0 Å². The van der Waals surface area contributed by atoms with Crippen molar-refractivity contribution in [3.63, 3.8) is 0 Å². The van der Waals surface area contributed by atoms with Gasteiger partial charge in [-0.1, -0.05) is 6.07 Å². The lowest BCUT2D eigenvalue weighted by Crippen LogP contribution is -2.34. The number of pyridine rings is 1. The van der Waals surface area contributed by atoms with E-state index in [1.807, 2.05) is 0 Å². The smallest absolute Gasteiger partial charge is 0.458 e. The molecule has 0 saturated heterocycles. The molecular weight excluding hydrogens is 376 g/mol. The third-order valence-corrected chi connectivity index (χ3v) is 2.64. The van der Waals surface area contributed by atoms with Crippen LogP contribution in [0.2, 0.25) is 0 Å². The molecule has 1 rings (SSSR count). The Morgan fingerprint density at radius 1 is 1.00 bits per heavy atom. The second-order valence-electron chi connectivity index (χ2n) is 3.49. The molecular formula is C10H12F6NO4S2-. The summed E-state index contributed by atoms with van der Waals surface area (Å²) in [6, 6.07) is 6.22. The van der Waals surface area contributed by atoms with Gasteiger partial charge in [0.05, 0.1) is 22.2 Å². The number of rotatable bonds is 1. The second kappa shape index (κ2) is 10.7. The summed E-state index contributed by atoms with van der Waals surface area (Å²) in [5.41, 5.74) is -8.85. The summed E-state index contributed by atoms with van der Waals surface area (Å²) in [6.07, 6.45) is 2.09. The third-order valence-electron chi connectivity index (χ3n) is 1.89. The van der Waals surface area contributed by atoms with E-state index in [0.29, 0.717) is 0 Å². The highest BCUT2D eigenvalue weighted by Crippen LogP contribution is 2.17. The normalized spacial score (nSPS) is 13.8. The predicted molar refractivity (Wildman–Crippen MR) is 67.0 cm³/mol. The Morgan fingerprint density at radius 2 is 1.35 bits per heavy atom. The molecule has 1 aromatic rings. The molecule has 136 valence electrons. The number of hydrogen-bond donors (Lipinski definition) is 0. The fourth-order valence-electron chi connectivity index (χ4n) is 0.917. The molecule has 0 aliphatic rings. The zero-order valence-electron chi connectivity index (χ0n) is 11.7. The lowest BCUT2D eigenvalue weighted by Gasteiger charge is -2.06. The zero-order chi connectivity index (χ0) is 18.8. The van der Waals surface area contributed by atoms with Gasteiger partial charge in [-0.05, 0) is 6.92 Å². The molecule has 23 heavy (non-hydrogen) atoms. The van der Waals surface area contributed by atoms with Crippen LogP contribution in [-0.4, -0.2) is 28.5 Å². The van der Waals surface area contributed by atoms with E-state index in [2.05, 4.69) is 42.8 Å². The molecule has 0 amide bonds. The van der Waals surface area contributed by atoms with Gasteiger partial charge in [0.1, 0.15) is 6.54 Å². The first-order valence-corrected chi connectivity index (χ1v) is 7.65. The van der Waals surface area contributed by atoms with Crippen LogP contribution in [0, 0.1) is 6.92 Å². The molecule has 2 unspecified atom stereocenters. The minimum atomic E-state index is -5.08. The molecule has 5 nitrogen and oxygen atoms in total. The van der Waals surface area contributed by atoms with Crippen LogP contribution < -0.4 is 4.57 Å². The highest BCUT2D eigenvalue weighted by atomic mass is 32.2. The van der Waals surface area contributed by atoms with E-state index < -0.39 is 33.2 Å². The Labute approximate surface area is 132 Å². The topological polar surface area (TPSA) is 84.1 Å². The van der Waals surface area contributed by atoms with Crippen molar-refractivity contribution in [2.75, 3.05) is 0 Å². The van der Waals surface area contributed by atoms with Crippen LogP contribution in [0.5, 0.6) is 0 Å². The Kier molecular flexibility index (Phi) is 11.2. The molecule has 0 bridgehead atoms. The van der Waals surface area contributed by atoms with Gasteiger partial charge in [-0.3, -0.25) is 8.42 Å². The molecule has 13 heteroatoms. The van der Waals surface area contributed by atoms with Crippen LogP contribution in [-0.2, 0) is 28.7 Å². The largest absolute Gasteiger partial charge is 0.766 e. The highest BCUT2D eigenvalue weighted by Gasteiger charge is 2.28. The van der Waals surface area contributed by atoms with Crippen molar-refractivity contribution in [1.29, 1.82) is 0 Å². The van der Waals surface area contributed by atoms with Crippen molar-refractivity contribution >= 4 is 22.2 Å². The van der Waals surface area contributed by atoms with Crippen molar-refractivity contribution in [2.24, 2.45) is 0 Å². The zero-order valence-corrected chi connectivity index (χ0v) is 13.3. The Hall–Kier alpha value is -1.05. The summed E-state index contributed by atoms with van der Waals surface area (Å²) in [6.45, 7) is 5.32. The minimum Gasteiger partial charge on any atom is -0.766 e. The van der Waals surface area contributed by atoms with Gasteiger partial charge in [0, 0.05) is 19.1 Å². The van der Waals surface area contributed by atoms with Gasteiger partial charge in [0.25, 0.3) is 0 Å². The van der Waals surface area contributed by atoms with E-state index in [4.69, 9.17) is 17.5 Å². The molecule has 0 spiro atoms. The molecule has 1 heterocycles. The molecule has 0 N–H and O–H groups in total. The molecule has 0 saturated carbocycles. The molecule has 0 aliphatic carbocycles. The minimum absolute atomic E-state index is 1.06. The van der Waals surface area contributed by atoms with Crippen molar-refractivity contribution in [3.8, 4) is 0 Å². The Morgan fingerprint density at radius 3 is 1.52 bits per heavy atom. The molecule has 0 fully saturated rings. The number of aryl methyl sites for hydroxylation is 2. The lowest BCUT2D eigenvalue weighted by atomic mass is 10.4. The lowest BCUT2D eigenvalue weighted by molar-refractivity contribution is -0.699. The van der Waals surface area contributed by atoms with Crippen LogP contribution >= 0.6 is 0 Å². The first kappa shape index (κ1) is 24.2. The quantitative estimate of drug-likeness (QED) is 0.419. The average molecular weight is 388 g/mol. The summed E-state index contributed by atoms with van der Waals surface area (Å²) in [5, 5.41) is 0. The number of alkyl halides is 6. The first-order valence-electron chi connectivity index (χ1n) is 5.50. The van der Waals surface area contributed by atoms with E-state index in [9.17, 15) is 26.3 Å². The summed E-state index contributed by atoms with van der Waals surface area (Å²) < 4.78 is 101. The molecule has 2 atom stereocenters. The van der Waals surface area contributed by atoms with Crippen LogP contribution in [0.1, 0.15) is 12.6 Å². The van der Waals surface area contributed by atoms with Gasteiger partial charge in [-0.2, -0.15) is 26.3 Å². The maximum atomic E-state index is 10.6. The van der Waals surface area contributed by atoms with E-state index in [-0.39, 0.29) is 0 Å². The predicted octanol–water partition coefficient (Wildman–Crippen LogP) is 2.07. The maximum Gasteiger partial charge on any atom is 0.458 e. The Balaban J connectivity index is 0. The summed E-state index contributed by atoms with van der Waals surface area (Å²) >= 11 is -7.87. The highest BCUT2D eigenvalue weighted by molar-refractivity contribution is 7.80. The van der Waals surface area contributed by atoms with Gasteiger partial charge in [0.15, 0.2) is 11.9 Å². The molecule has 0 radical (unpaired) electrons. The maximum absolute atomic E-state index is 10.6. The fraction of sp³-hybridized carbons (Fsp3) is 0.500. The van der Waals surface area contributed by atoms with Gasteiger partial charge in [-0.15, -0.1) is 0 Å². The number of nitrogens with zero attached hydrogens (tertiary/aromatic N) is 1. The van der Waals surface area contributed by atoms with Crippen molar-refractivity contribution in [3.05, 3.63) is 30.1 Å². The van der Waals surface area contributed by atoms with Crippen LogP contribution in [0.3, 0.4) is 0 Å². The number of halogens is 6. The summed E-state index contributed by atoms with van der Waals surface area (Å²) in [4.78, 5) is 0. The molecule has 1 aromatic heterocycles. The van der Waals surface area contributed by atoms with E-state index >= 15 is 0 Å². The Bertz CT molecular complexity index is 497. The van der Waals surface area contributed by atoms with Crippen LogP contribution in [0.25, 0.3) is 0 Å². The fourth-order valence-corrected chi connectivity index (χ4v) is 0.917. The van der Waals surface area contributed by atoms with E-state index in [1.165, 1.54) is 5.69 Å². The second-order valence-corrected chi connectivity index (χ2v) is 5.35. The van der Waals surface area contributed by atoms with Crippen molar-refractivity contribution in [2.45, 2.75) is 31.4 Å². The molecule has 0 aromatic carbocycles. The van der Waals surface area contributed by atoms with E-state index in [1.54, 1.807) is 0 Å². The average Bonchev–Trinajstić information content (AvgIpc) is 2.38. The SMILES string of the molecule is CC[n+]1ccccc1C.O=S([O-])C(F)(F)F.O=S([O-])C(F)(F)F. The number of hydrogen-bond acceptors (Lipinski definition) is 4.